The molecule has 6 nitrogen and oxygen atoms in total. The molecule has 0 saturated carbocycles. The maximum Gasteiger partial charge on any atom is 0.191 e. The van der Waals surface area contributed by atoms with Gasteiger partial charge in [-0.25, -0.2) is 9.37 Å². The summed E-state index contributed by atoms with van der Waals surface area (Å²) in [4.78, 5) is 13.5. The Morgan fingerprint density at radius 1 is 1.07 bits per heavy atom. The second-order valence-corrected chi connectivity index (χ2v) is 6.68. The fraction of sp³-hybridized carbons (Fsp3) is 0.400. The quantitative estimate of drug-likeness (QED) is 0.621. The summed E-state index contributed by atoms with van der Waals surface area (Å²) in [5.74, 6) is 1.51. The van der Waals surface area contributed by atoms with Crippen LogP contribution in [0, 0.1) is 5.82 Å². The molecule has 2 heterocycles. The van der Waals surface area contributed by atoms with Gasteiger partial charge in [-0.05, 0) is 30.8 Å². The van der Waals surface area contributed by atoms with Crippen molar-refractivity contribution in [2.45, 2.75) is 13.1 Å². The molecule has 0 atom stereocenters. The third-order valence-corrected chi connectivity index (χ3v) is 4.71. The highest BCUT2D eigenvalue weighted by Crippen LogP contribution is 2.18. The van der Waals surface area contributed by atoms with E-state index < -0.39 is 0 Å². The number of halogens is 1. The summed E-state index contributed by atoms with van der Waals surface area (Å²) < 4.78 is 13.0. The normalized spacial score (nSPS) is 15.7. The number of aliphatic imine (C=N–C) groups is 1. The molecule has 0 radical (unpaired) electrons. The highest BCUT2D eigenvalue weighted by atomic mass is 19.1. The van der Waals surface area contributed by atoms with E-state index in [1.807, 2.05) is 12.3 Å². The van der Waals surface area contributed by atoms with Gasteiger partial charge < -0.3 is 20.4 Å². The number of anilines is 1. The Morgan fingerprint density at radius 3 is 2.48 bits per heavy atom. The van der Waals surface area contributed by atoms with E-state index in [9.17, 15) is 4.39 Å². The standard InChI is InChI=1S/C20H27FN6/c1-22-20(24-14-16-5-7-18(21)8-6-16)25-15-17-4-3-9-23-19(17)27-12-10-26(2)11-13-27/h3-9H,10-15H2,1-2H3,(H2,22,24,25). The van der Waals surface area contributed by atoms with Crippen molar-refractivity contribution in [1.29, 1.82) is 0 Å². The van der Waals surface area contributed by atoms with E-state index in [2.05, 4.69) is 43.5 Å². The van der Waals surface area contributed by atoms with E-state index in [1.165, 1.54) is 12.1 Å². The van der Waals surface area contributed by atoms with Gasteiger partial charge in [-0.1, -0.05) is 18.2 Å². The molecular weight excluding hydrogens is 343 g/mol. The molecule has 1 aromatic heterocycles. The Kier molecular flexibility index (Phi) is 6.59. The van der Waals surface area contributed by atoms with Gasteiger partial charge in [0.25, 0.3) is 0 Å². The first-order chi connectivity index (χ1) is 13.2. The lowest BCUT2D eigenvalue weighted by Crippen LogP contribution is -2.45. The average molecular weight is 370 g/mol. The summed E-state index contributed by atoms with van der Waals surface area (Å²) in [6, 6.07) is 10.5. The SMILES string of the molecule is CN=C(NCc1ccc(F)cc1)NCc1cccnc1N1CCN(C)CC1. The molecule has 0 spiro atoms. The number of benzene rings is 1. The van der Waals surface area contributed by atoms with E-state index in [1.54, 1.807) is 19.2 Å². The molecule has 7 heteroatoms. The number of rotatable bonds is 5. The molecule has 0 unspecified atom stereocenters. The van der Waals surface area contributed by atoms with E-state index in [0.29, 0.717) is 19.0 Å². The van der Waals surface area contributed by atoms with Crippen molar-refractivity contribution in [2.75, 3.05) is 45.2 Å². The Hall–Kier alpha value is -2.67. The van der Waals surface area contributed by atoms with E-state index in [-0.39, 0.29) is 5.82 Å². The summed E-state index contributed by atoms with van der Waals surface area (Å²) in [6.07, 6.45) is 1.85. The van der Waals surface area contributed by atoms with E-state index in [0.717, 1.165) is 43.1 Å². The molecule has 3 rings (SSSR count). The minimum absolute atomic E-state index is 0.228. The molecule has 1 aromatic carbocycles. The molecule has 1 aliphatic rings. The van der Waals surface area contributed by atoms with Gasteiger partial charge in [0.2, 0.25) is 0 Å². The van der Waals surface area contributed by atoms with Crippen LogP contribution in [0.4, 0.5) is 10.2 Å². The van der Waals surface area contributed by atoms with Gasteiger partial charge in [-0.15, -0.1) is 0 Å². The highest BCUT2D eigenvalue weighted by Gasteiger charge is 2.17. The molecular formula is C20H27FN6. The van der Waals surface area contributed by atoms with Crippen LogP contribution in [0.15, 0.2) is 47.6 Å². The number of hydrogen-bond donors (Lipinski definition) is 2. The van der Waals surface area contributed by atoms with Gasteiger partial charge in [0.1, 0.15) is 11.6 Å². The molecule has 0 aliphatic carbocycles. The Morgan fingerprint density at radius 2 is 1.78 bits per heavy atom. The fourth-order valence-corrected chi connectivity index (χ4v) is 3.06. The molecule has 27 heavy (non-hydrogen) atoms. The minimum Gasteiger partial charge on any atom is -0.354 e. The number of aromatic nitrogens is 1. The van der Waals surface area contributed by atoms with Gasteiger partial charge in [-0.2, -0.15) is 0 Å². The molecule has 0 amide bonds. The van der Waals surface area contributed by atoms with Crippen LogP contribution in [0.1, 0.15) is 11.1 Å². The lowest BCUT2D eigenvalue weighted by Gasteiger charge is -2.34. The topological polar surface area (TPSA) is 55.8 Å². The van der Waals surface area contributed by atoms with Crippen molar-refractivity contribution in [1.82, 2.24) is 20.5 Å². The van der Waals surface area contributed by atoms with Gasteiger partial charge in [0.15, 0.2) is 5.96 Å². The van der Waals surface area contributed by atoms with Gasteiger partial charge in [0, 0.05) is 58.1 Å². The largest absolute Gasteiger partial charge is 0.354 e. The lowest BCUT2D eigenvalue weighted by atomic mass is 10.2. The Balaban J connectivity index is 1.57. The first kappa shape index (κ1) is 19.1. The highest BCUT2D eigenvalue weighted by molar-refractivity contribution is 5.79. The molecule has 1 fully saturated rings. The number of pyridine rings is 1. The Bertz CT molecular complexity index is 753. The van der Waals surface area contributed by atoms with Crippen molar-refractivity contribution in [3.8, 4) is 0 Å². The van der Waals surface area contributed by atoms with Crippen LogP contribution in [-0.4, -0.2) is 56.1 Å². The van der Waals surface area contributed by atoms with Gasteiger partial charge in [0.05, 0.1) is 0 Å². The van der Waals surface area contributed by atoms with Gasteiger partial charge >= 0.3 is 0 Å². The van der Waals surface area contributed by atoms with Crippen LogP contribution in [-0.2, 0) is 13.1 Å². The predicted octanol–water partition coefficient (Wildman–Crippen LogP) is 1.84. The molecule has 144 valence electrons. The maximum absolute atomic E-state index is 13.0. The van der Waals surface area contributed by atoms with Crippen molar-refractivity contribution in [3.63, 3.8) is 0 Å². The summed E-state index contributed by atoms with van der Waals surface area (Å²) in [6.45, 7) is 5.28. The van der Waals surface area contributed by atoms with Crippen LogP contribution in [0.5, 0.6) is 0 Å². The number of nitrogens with one attached hydrogen (secondary N) is 2. The zero-order valence-corrected chi connectivity index (χ0v) is 16.0. The number of likely N-dealkylation sites (N-methyl/N-ethyl adjacent to an activating group) is 1. The molecule has 2 N–H and O–H groups in total. The zero-order chi connectivity index (χ0) is 19.1. The van der Waals surface area contributed by atoms with E-state index in [4.69, 9.17) is 0 Å². The van der Waals surface area contributed by atoms with Crippen molar-refractivity contribution < 1.29 is 4.39 Å². The minimum atomic E-state index is -0.228. The van der Waals surface area contributed by atoms with Crippen molar-refractivity contribution in [2.24, 2.45) is 4.99 Å². The molecule has 0 bridgehead atoms. The van der Waals surface area contributed by atoms with Crippen molar-refractivity contribution in [3.05, 3.63) is 59.5 Å². The predicted molar refractivity (Wildman–Crippen MR) is 107 cm³/mol. The average Bonchev–Trinajstić information content (AvgIpc) is 2.70. The summed E-state index contributed by atoms with van der Waals surface area (Å²) in [7, 11) is 3.89. The number of guanidine groups is 1. The smallest absolute Gasteiger partial charge is 0.191 e. The van der Waals surface area contributed by atoms with Crippen LogP contribution in [0.2, 0.25) is 0 Å². The zero-order valence-electron chi connectivity index (χ0n) is 16.0. The first-order valence-electron chi connectivity index (χ1n) is 9.22. The van der Waals surface area contributed by atoms with Crippen LogP contribution in [0.3, 0.4) is 0 Å². The molecule has 1 saturated heterocycles. The second kappa shape index (κ2) is 9.32. The third-order valence-electron chi connectivity index (χ3n) is 4.71. The van der Waals surface area contributed by atoms with Crippen LogP contribution < -0.4 is 15.5 Å². The summed E-state index contributed by atoms with van der Waals surface area (Å²) in [5, 5.41) is 6.60. The first-order valence-corrected chi connectivity index (χ1v) is 9.22. The van der Waals surface area contributed by atoms with Crippen molar-refractivity contribution >= 4 is 11.8 Å². The monoisotopic (exact) mass is 370 g/mol. The number of piperazine rings is 1. The number of hydrogen-bond acceptors (Lipinski definition) is 4. The maximum atomic E-state index is 13.0. The molecule has 1 aliphatic heterocycles. The van der Waals surface area contributed by atoms with E-state index >= 15 is 0 Å². The summed E-state index contributed by atoms with van der Waals surface area (Å²) in [5.41, 5.74) is 2.14. The third kappa shape index (κ3) is 5.40. The van der Waals surface area contributed by atoms with Crippen LogP contribution >= 0.6 is 0 Å². The summed E-state index contributed by atoms with van der Waals surface area (Å²) >= 11 is 0. The lowest BCUT2D eigenvalue weighted by molar-refractivity contribution is 0.312. The van der Waals surface area contributed by atoms with Crippen LogP contribution in [0.25, 0.3) is 0 Å². The second-order valence-electron chi connectivity index (χ2n) is 6.68. The Labute approximate surface area is 160 Å². The van der Waals surface area contributed by atoms with Gasteiger partial charge in [-0.3, -0.25) is 4.99 Å². The number of nitrogens with zero attached hydrogens (tertiary/aromatic N) is 4. The fourth-order valence-electron chi connectivity index (χ4n) is 3.06. The molecule has 2 aromatic rings.